The van der Waals surface area contributed by atoms with E-state index in [1.807, 2.05) is 0 Å². The lowest BCUT2D eigenvalue weighted by Gasteiger charge is -2.19. The number of aromatic nitrogens is 3. The van der Waals surface area contributed by atoms with Gasteiger partial charge in [0.1, 0.15) is 19.2 Å². The Labute approximate surface area is 137 Å². The Hall–Kier alpha value is -2.17. The van der Waals surface area contributed by atoms with Crippen LogP contribution in [0, 0.1) is 11.8 Å². The predicted molar refractivity (Wildman–Crippen MR) is 88.6 cm³/mol. The van der Waals surface area contributed by atoms with Crippen LogP contribution < -0.4 is 5.32 Å². The number of rotatable bonds is 7. The van der Waals surface area contributed by atoms with Crippen molar-refractivity contribution in [1.82, 2.24) is 20.1 Å². The van der Waals surface area contributed by atoms with E-state index in [2.05, 4.69) is 53.5 Å². The summed E-state index contributed by atoms with van der Waals surface area (Å²) in [6.45, 7) is 4.67. The molecule has 1 aromatic carbocycles. The highest BCUT2D eigenvalue weighted by Gasteiger charge is 2.33. The maximum atomic E-state index is 12.2. The molecule has 3 rings (SSSR count). The molecular weight excluding hydrogens is 288 g/mol. The fourth-order valence-electron chi connectivity index (χ4n) is 2.92. The van der Waals surface area contributed by atoms with E-state index in [-0.39, 0.29) is 18.5 Å². The van der Waals surface area contributed by atoms with E-state index in [1.54, 1.807) is 11.0 Å². The fraction of sp³-hybridized carbons (Fsp3) is 0.500. The second-order valence-corrected chi connectivity index (χ2v) is 6.82. The Morgan fingerprint density at radius 3 is 2.61 bits per heavy atom. The van der Waals surface area contributed by atoms with E-state index in [4.69, 9.17) is 0 Å². The van der Waals surface area contributed by atoms with Crippen molar-refractivity contribution in [3.8, 4) is 0 Å². The molecule has 1 amide bonds. The van der Waals surface area contributed by atoms with Crippen molar-refractivity contribution < 1.29 is 4.79 Å². The van der Waals surface area contributed by atoms with Crippen molar-refractivity contribution in [3.63, 3.8) is 0 Å². The lowest BCUT2D eigenvalue weighted by Crippen LogP contribution is -2.32. The number of hydrogen-bond acceptors (Lipinski definition) is 3. The third kappa shape index (κ3) is 4.41. The second kappa shape index (κ2) is 6.94. The van der Waals surface area contributed by atoms with Gasteiger partial charge in [0.25, 0.3) is 0 Å². The number of hydrogen-bond donors (Lipinski definition) is 1. The van der Waals surface area contributed by atoms with Crippen LogP contribution in [0.25, 0.3) is 0 Å². The first-order valence-electron chi connectivity index (χ1n) is 8.32. The first kappa shape index (κ1) is 15.7. The summed E-state index contributed by atoms with van der Waals surface area (Å²) < 4.78 is 1.55. The van der Waals surface area contributed by atoms with Crippen LogP contribution >= 0.6 is 0 Å². The highest BCUT2D eigenvalue weighted by Crippen LogP contribution is 2.41. The third-order valence-electron chi connectivity index (χ3n) is 4.16. The Balaban J connectivity index is 1.65. The molecule has 1 unspecified atom stereocenters. The van der Waals surface area contributed by atoms with Gasteiger partial charge in [-0.3, -0.25) is 4.79 Å². The Kier molecular flexibility index (Phi) is 4.74. The van der Waals surface area contributed by atoms with Gasteiger partial charge in [-0.1, -0.05) is 38.1 Å². The zero-order chi connectivity index (χ0) is 16.2. The SMILES string of the molecule is CC(C)Cc1ccc(C(NC(=O)Cn2cncn2)C2CC2)cc1. The molecule has 1 atom stereocenters. The van der Waals surface area contributed by atoms with Crippen molar-refractivity contribution in [1.29, 1.82) is 0 Å². The minimum atomic E-state index is -0.0151. The number of amides is 1. The Morgan fingerprint density at radius 1 is 1.30 bits per heavy atom. The highest BCUT2D eigenvalue weighted by molar-refractivity contribution is 5.76. The summed E-state index contributed by atoms with van der Waals surface area (Å²) in [6.07, 6.45) is 6.46. The van der Waals surface area contributed by atoms with E-state index in [0.29, 0.717) is 11.8 Å². The van der Waals surface area contributed by atoms with Crippen LogP contribution in [-0.2, 0) is 17.8 Å². The van der Waals surface area contributed by atoms with Gasteiger partial charge < -0.3 is 5.32 Å². The Bertz CT molecular complexity index is 630. The molecule has 5 nitrogen and oxygen atoms in total. The number of nitrogens with one attached hydrogen (secondary N) is 1. The number of benzene rings is 1. The molecule has 1 heterocycles. The molecule has 5 heteroatoms. The summed E-state index contributed by atoms with van der Waals surface area (Å²) >= 11 is 0. The van der Waals surface area contributed by atoms with Gasteiger partial charge in [0.05, 0.1) is 6.04 Å². The lowest BCUT2D eigenvalue weighted by atomic mass is 9.97. The average molecular weight is 312 g/mol. The van der Waals surface area contributed by atoms with Gasteiger partial charge in [0.15, 0.2) is 0 Å². The van der Waals surface area contributed by atoms with Crippen molar-refractivity contribution in [3.05, 3.63) is 48.0 Å². The molecule has 0 aliphatic heterocycles. The van der Waals surface area contributed by atoms with Crippen LogP contribution in [0.3, 0.4) is 0 Å². The van der Waals surface area contributed by atoms with Crippen molar-refractivity contribution in [2.45, 2.75) is 45.7 Å². The molecule has 1 N–H and O–H groups in total. The lowest BCUT2D eigenvalue weighted by molar-refractivity contribution is -0.122. The highest BCUT2D eigenvalue weighted by atomic mass is 16.2. The molecule has 2 aromatic rings. The monoisotopic (exact) mass is 312 g/mol. The molecule has 0 saturated heterocycles. The topological polar surface area (TPSA) is 59.8 Å². The largest absolute Gasteiger partial charge is 0.347 e. The average Bonchev–Trinajstić information content (AvgIpc) is 3.23. The molecule has 23 heavy (non-hydrogen) atoms. The molecule has 0 radical (unpaired) electrons. The van der Waals surface area contributed by atoms with Crippen LogP contribution in [0.5, 0.6) is 0 Å². The zero-order valence-corrected chi connectivity index (χ0v) is 13.8. The van der Waals surface area contributed by atoms with Gasteiger partial charge in [0, 0.05) is 0 Å². The van der Waals surface area contributed by atoms with Gasteiger partial charge in [-0.05, 0) is 42.2 Å². The van der Waals surface area contributed by atoms with Crippen molar-refractivity contribution >= 4 is 5.91 Å². The molecule has 1 saturated carbocycles. The maximum Gasteiger partial charge on any atom is 0.242 e. The minimum Gasteiger partial charge on any atom is -0.347 e. The number of carbonyl (C=O) groups excluding carboxylic acids is 1. The normalized spacial score (nSPS) is 15.6. The number of carbonyl (C=O) groups is 1. The molecule has 1 aliphatic rings. The van der Waals surface area contributed by atoms with Crippen LogP contribution in [0.4, 0.5) is 0 Å². The van der Waals surface area contributed by atoms with Gasteiger partial charge in [-0.25, -0.2) is 9.67 Å². The quantitative estimate of drug-likeness (QED) is 0.855. The van der Waals surface area contributed by atoms with E-state index in [0.717, 1.165) is 6.42 Å². The second-order valence-electron chi connectivity index (χ2n) is 6.82. The molecular formula is C18H24N4O. The summed E-state index contributed by atoms with van der Waals surface area (Å²) in [5.41, 5.74) is 2.55. The van der Waals surface area contributed by atoms with Crippen LogP contribution in [0.2, 0.25) is 0 Å². The van der Waals surface area contributed by atoms with E-state index < -0.39 is 0 Å². The first-order valence-corrected chi connectivity index (χ1v) is 8.32. The van der Waals surface area contributed by atoms with E-state index in [1.165, 1.54) is 30.3 Å². The van der Waals surface area contributed by atoms with Crippen LogP contribution in [-0.4, -0.2) is 20.7 Å². The molecule has 122 valence electrons. The predicted octanol–water partition coefficient (Wildman–Crippen LogP) is 2.74. The first-order chi connectivity index (χ1) is 11.1. The molecule has 0 spiro atoms. The Morgan fingerprint density at radius 2 is 2.04 bits per heavy atom. The summed E-state index contributed by atoms with van der Waals surface area (Å²) in [5, 5.41) is 7.15. The minimum absolute atomic E-state index is 0.0151. The maximum absolute atomic E-state index is 12.2. The van der Waals surface area contributed by atoms with Gasteiger partial charge in [-0.2, -0.15) is 5.10 Å². The van der Waals surface area contributed by atoms with Gasteiger partial charge in [0.2, 0.25) is 5.91 Å². The molecule has 1 aliphatic carbocycles. The van der Waals surface area contributed by atoms with Crippen LogP contribution in [0.1, 0.15) is 43.9 Å². The summed E-state index contributed by atoms with van der Waals surface area (Å²) in [4.78, 5) is 16.1. The molecule has 1 aromatic heterocycles. The third-order valence-corrected chi connectivity index (χ3v) is 4.16. The fourth-order valence-corrected chi connectivity index (χ4v) is 2.92. The van der Waals surface area contributed by atoms with Crippen molar-refractivity contribution in [2.75, 3.05) is 0 Å². The standard InChI is InChI=1S/C18H24N4O/c1-13(2)9-14-3-5-15(6-4-14)18(16-7-8-16)21-17(23)10-22-12-19-11-20-22/h3-6,11-13,16,18H,7-10H2,1-2H3,(H,21,23). The van der Waals surface area contributed by atoms with E-state index in [9.17, 15) is 4.79 Å². The van der Waals surface area contributed by atoms with E-state index >= 15 is 0 Å². The van der Waals surface area contributed by atoms with Gasteiger partial charge in [-0.15, -0.1) is 0 Å². The summed E-state index contributed by atoms with van der Waals surface area (Å²) in [6, 6.07) is 8.81. The van der Waals surface area contributed by atoms with Crippen molar-refractivity contribution in [2.24, 2.45) is 11.8 Å². The number of nitrogens with zero attached hydrogens (tertiary/aromatic N) is 3. The van der Waals surface area contributed by atoms with Crippen LogP contribution in [0.15, 0.2) is 36.9 Å². The molecule has 1 fully saturated rings. The van der Waals surface area contributed by atoms with Gasteiger partial charge >= 0.3 is 0 Å². The zero-order valence-electron chi connectivity index (χ0n) is 13.8. The summed E-state index contributed by atoms with van der Waals surface area (Å²) in [7, 11) is 0. The summed E-state index contributed by atoms with van der Waals surface area (Å²) in [5.74, 6) is 1.20. The smallest absolute Gasteiger partial charge is 0.242 e. The molecule has 0 bridgehead atoms.